The molecule has 0 bridgehead atoms. The summed E-state index contributed by atoms with van der Waals surface area (Å²) in [6.45, 7) is 2.41. The minimum absolute atomic E-state index is 0.0935. The van der Waals surface area contributed by atoms with Gasteiger partial charge in [-0.3, -0.25) is 4.79 Å². The molecule has 0 saturated heterocycles. The monoisotopic (exact) mass is 452 g/mol. The van der Waals surface area contributed by atoms with Crippen molar-refractivity contribution in [1.29, 1.82) is 0 Å². The van der Waals surface area contributed by atoms with Crippen molar-refractivity contribution in [2.75, 3.05) is 12.0 Å². The lowest BCUT2D eigenvalue weighted by Crippen LogP contribution is -2.32. The normalized spacial score (nSPS) is 22.7. The molecule has 6 heteroatoms. The number of carbonyl (C=O) groups is 1. The van der Waals surface area contributed by atoms with Crippen LogP contribution in [0.25, 0.3) is 0 Å². The average Bonchev–Trinajstić information content (AvgIpc) is 3.28. The Bertz CT molecular complexity index is 1090. The van der Waals surface area contributed by atoms with E-state index in [1.165, 1.54) is 5.56 Å². The molecule has 3 aromatic rings. The number of benzene rings is 2. The number of hydrogen-bond acceptors (Lipinski definition) is 4. The SMILES string of the molecule is COc1ccc(CN2C(=O)CC3(c4ncc(C)o4)CC3c3ccc(Br)cc32)cc1. The van der Waals surface area contributed by atoms with Crippen LogP contribution >= 0.6 is 15.9 Å². The Morgan fingerprint density at radius 2 is 2.07 bits per heavy atom. The van der Waals surface area contributed by atoms with Crippen LogP contribution in [0.4, 0.5) is 5.69 Å². The number of halogens is 1. The second-order valence-corrected chi connectivity index (χ2v) is 8.81. The molecule has 148 valence electrons. The zero-order valence-electron chi connectivity index (χ0n) is 16.3. The Morgan fingerprint density at radius 1 is 1.28 bits per heavy atom. The highest BCUT2D eigenvalue weighted by Crippen LogP contribution is 2.65. The summed E-state index contributed by atoms with van der Waals surface area (Å²) in [5.74, 6) is 2.61. The summed E-state index contributed by atoms with van der Waals surface area (Å²) in [5.41, 5.74) is 2.88. The summed E-state index contributed by atoms with van der Waals surface area (Å²) in [4.78, 5) is 19.8. The van der Waals surface area contributed by atoms with Gasteiger partial charge >= 0.3 is 0 Å². The van der Waals surface area contributed by atoms with Gasteiger partial charge < -0.3 is 14.1 Å². The minimum Gasteiger partial charge on any atom is -0.497 e. The van der Waals surface area contributed by atoms with Crippen molar-refractivity contribution in [3.8, 4) is 5.75 Å². The molecule has 1 aromatic heterocycles. The van der Waals surface area contributed by atoms with Crippen LogP contribution in [0.15, 0.2) is 57.6 Å². The van der Waals surface area contributed by atoms with Gasteiger partial charge in [-0.25, -0.2) is 4.98 Å². The predicted octanol–water partition coefficient (Wildman–Crippen LogP) is 5.12. The first-order chi connectivity index (χ1) is 14.0. The number of nitrogens with zero attached hydrogens (tertiary/aromatic N) is 2. The molecule has 2 aromatic carbocycles. The zero-order valence-corrected chi connectivity index (χ0v) is 17.9. The van der Waals surface area contributed by atoms with Crippen LogP contribution in [0.2, 0.25) is 0 Å². The first kappa shape index (κ1) is 18.4. The number of rotatable bonds is 4. The highest BCUT2D eigenvalue weighted by atomic mass is 79.9. The molecule has 0 radical (unpaired) electrons. The van der Waals surface area contributed by atoms with E-state index in [1.54, 1.807) is 13.3 Å². The summed E-state index contributed by atoms with van der Waals surface area (Å²) in [5, 5.41) is 0. The fourth-order valence-corrected chi connectivity index (χ4v) is 4.79. The summed E-state index contributed by atoms with van der Waals surface area (Å²) in [7, 11) is 1.65. The summed E-state index contributed by atoms with van der Waals surface area (Å²) in [6, 6.07) is 14.1. The Balaban J connectivity index is 1.55. The molecule has 5 nitrogen and oxygen atoms in total. The highest BCUT2D eigenvalue weighted by molar-refractivity contribution is 9.10. The number of aryl methyl sites for hydroxylation is 1. The Morgan fingerprint density at radius 3 is 2.76 bits per heavy atom. The van der Waals surface area contributed by atoms with E-state index in [0.717, 1.165) is 33.7 Å². The summed E-state index contributed by atoms with van der Waals surface area (Å²) >= 11 is 3.58. The first-order valence-electron chi connectivity index (χ1n) is 9.66. The van der Waals surface area contributed by atoms with Crippen molar-refractivity contribution in [3.63, 3.8) is 0 Å². The van der Waals surface area contributed by atoms with Crippen molar-refractivity contribution in [2.24, 2.45) is 0 Å². The van der Waals surface area contributed by atoms with Crippen LogP contribution < -0.4 is 9.64 Å². The Kier molecular flexibility index (Phi) is 4.28. The van der Waals surface area contributed by atoms with Gasteiger partial charge in [0.1, 0.15) is 11.5 Å². The molecule has 29 heavy (non-hydrogen) atoms. The number of amides is 1. The van der Waals surface area contributed by atoms with Crippen LogP contribution in [0.5, 0.6) is 5.75 Å². The molecular weight excluding hydrogens is 432 g/mol. The highest BCUT2D eigenvalue weighted by Gasteiger charge is 2.63. The van der Waals surface area contributed by atoms with E-state index in [9.17, 15) is 4.79 Å². The fraction of sp³-hybridized carbons (Fsp3) is 0.304. The largest absolute Gasteiger partial charge is 0.497 e. The third kappa shape index (κ3) is 3.06. The molecule has 2 unspecified atom stereocenters. The minimum atomic E-state index is -0.331. The molecule has 0 N–H and O–H groups in total. The van der Waals surface area contributed by atoms with Gasteiger partial charge in [0, 0.05) is 22.5 Å². The van der Waals surface area contributed by atoms with E-state index >= 15 is 0 Å². The standard InChI is InChI=1S/C23H21BrN2O3/c1-14-12-25-22(29-14)23-10-19(23)18-8-5-16(24)9-20(18)26(21(27)11-23)13-15-3-6-17(28-2)7-4-15/h3-9,12,19H,10-11,13H2,1-2H3. The molecular formula is C23H21BrN2O3. The number of carbonyl (C=O) groups excluding carboxylic acids is 1. The van der Waals surface area contributed by atoms with Gasteiger partial charge in [-0.15, -0.1) is 0 Å². The third-order valence-electron chi connectivity index (χ3n) is 6.05. The average molecular weight is 453 g/mol. The molecule has 1 amide bonds. The summed E-state index contributed by atoms with van der Waals surface area (Å²) < 4.78 is 12.1. The van der Waals surface area contributed by atoms with Crippen LogP contribution in [-0.2, 0) is 16.8 Å². The fourth-order valence-electron chi connectivity index (χ4n) is 4.44. The molecule has 0 spiro atoms. The number of anilines is 1. The van der Waals surface area contributed by atoms with Crippen molar-refractivity contribution in [3.05, 3.63) is 75.9 Å². The van der Waals surface area contributed by atoms with Crippen molar-refractivity contribution in [2.45, 2.75) is 37.6 Å². The van der Waals surface area contributed by atoms with E-state index in [-0.39, 0.29) is 17.2 Å². The Labute approximate surface area is 177 Å². The molecule has 1 aliphatic carbocycles. The molecule has 1 saturated carbocycles. The van der Waals surface area contributed by atoms with Crippen LogP contribution in [0, 0.1) is 6.92 Å². The number of hydrogen-bond donors (Lipinski definition) is 0. The molecule has 2 heterocycles. The maximum absolute atomic E-state index is 13.5. The summed E-state index contributed by atoms with van der Waals surface area (Å²) in [6.07, 6.45) is 3.04. The second kappa shape index (κ2) is 6.73. The number of ether oxygens (including phenoxy) is 1. The van der Waals surface area contributed by atoms with Gasteiger partial charge in [0.15, 0.2) is 0 Å². The lowest BCUT2D eigenvalue weighted by atomic mass is 9.96. The molecule has 1 fully saturated rings. The third-order valence-corrected chi connectivity index (χ3v) is 6.54. The van der Waals surface area contributed by atoms with Crippen molar-refractivity contribution >= 4 is 27.5 Å². The molecule has 5 rings (SSSR count). The van der Waals surface area contributed by atoms with Gasteiger partial charge in [0.25, 0.3) is 0 Å². The Hall–Kier alpha value is -2.60. The number of fused-ring (bicyclic) bond motifs is 3. The maximum Gasteiger partial charge on any atom is 0.228 e. The van der Waals surface area contributed by atoms with E-state index in [0.29, 0.717) is 18.9 Å². The smallest absolute Gasteiger partial charge is 0.228 e. The van der Waals surface area contributed by atoms with E-state index in [1.807, 2.05) is 48.2 Å². The van der Waals surface area contributed by atoms with Gasteiger partial charge in [0.2, 0.25) is 11.8 Å². The van der Waals surface area contributed by atoms with Gasteiger partial charge in [-0.1, -0.05) is 34.1 Å². The van der Waals surface area contributed by atoms with Crippen LogP contribution in [-0.4, -0.2) is 18.0 Å². The van der Waals surface area contributed by atoms with Crippen LogP contribution in [0.3, 0.4) is 0 Å². The van der Waals surface area contributed by atoms with Crippen molar-refractivity contribution < 1.29 is 13.9 Å². The number of methoxy groups -OCH3 is 1. The number of oxazole rings is 1. The second-order valence-electron chi connectivity index (χ2n) is 7.90. The van der Waals surface area contributed by atoms with Gasteiger partial charge in [-0.05, 0) is 48.7 Å². The molecule has 2 atom stereocenters. The quantitative estimate of drug-likeness (QED) is 0.551. The maximum atomic E-state index is 13.5. The van der Waals surface area contributed by atoms with Crippen LogP contribution in [0.1, 0.15) is 41.5 Å². The molecule has 1 aliphatic heterocycles. The van der Waals surface area contributed by atoms with Gasteiger partial charge in [-0.2, -0.15) is 0 Å². The van der Waals surface area contributed by atoms with E-state index < -0.39 is 0 Å². The lowest BCUT2D eigenvalue weighted by molar-refractivity contribution is -0.119. The number of aromatic nitrogens is 1. The van der Waals surface area contributed by atoms with Crippen molar-refractivity contribution in [1.82, 2.24) is 4.98 Å². The topological polar surface area (TPSA) is 55.6 Å². The zero-order chi connectivity index (χ0) is 20.2. The van der Waals surface area contributed by atoms with Gasteiger partial charge in [0.05, 0.1) is 25.3 Å². The van der Waals surface area contributed by atoms with E-state index in [2.05, 4.69) is 27.0 Å². The lowest BCUT2D eigenvalue weighted by Gasteiger charge is -2.25. The first-order valence-corrected chi connectivity index (χ1v) is 10.4. The van der Waals surface area contributed by atoms with E-state index in [4.69, 9.17) is 9.15 Å². The molecule has 2 aliphatic rings. The predicted molar refractivity (Wildman–Crippen MR) is 113 cm³/mol.